The van der Waals surface area contributed by atoms with Gasteiger partial charge in [0.2, 0.25) is 0 Å². The molecule has 2 heterocycles. The van der Waals surface area contributed by atoms with Crippen molar-refractivity contribution in [3.63, 3.8) is 0 Å². The van der Waals surface area contributed by atoms with Crippen molar-refractivity contribution in [1.29, 1.82) is 0 Å². The fourth-order valence-corrected chi connectivity index (χ4v) is 2.34. The van der Waals surface area contributed by atoms with Crippen LogP contribution in [0.15, 0.2) is 24.3 Å². The average molecular weight is 273 g/mol. The molecule has 20 heavy (non-hydrogen) atoms. The van der Waals surface area contributed by atoms with Gasteiger partial charge < -0.3 is 15.2 Å². The highest BCUT2D eigenvalue weighted by Gasteiger charge is 2.34. The van der Waals surface area contributed by atoms with Crippen molar-refractivity contribution in [2.45, 2.75) is 13.0 Å². The number of para-hydroxylation sites is 2. The van der Waals surface area contributed by atoms with E-state index in [0.29, 0.717) is 12.4 Å². The van der Waals surface area contributed by atoms with E-state index in [1.807, 2.05) is 31.2 Å². The van der Waals surface area contributed by atoms with Crippen LogP contribution in [-0.4, -0.2) is 40.3 Å². The number of hydrogen-bond acceptors (Lipinski definition) is 5. The van der Waals surface area contributed by atoms with Gasteiger partial charge in [0.05, 0.1) is 36.0 Å². The number of benzene rings is 1. The lowest BCUT2D eigenvalue weighted by atomic mass is 10.0. The van der Waals surface area contributed by atoms with E-state index in [1.54, 1.807) is 0 Å². The van der Waals surface area contributed by atoms with Crippen LogP contribution in [0.5, 0.6) is 0 Å². The van der Waals surface area contributed by atoms with Crippen molar-refractivity contribution in [2.75, 3.05) is 18.5 Å². The first-order valence-corrected chi connectivity index (χ1v) is 6.45. The zero-order valence-corrected chi connectivity index (χ0v) is 11.0. The summed E-state index contributed by atoms with van der Waals surface area (Å²) in [6.07, 6.45) is 0. The van der Waals surface area contributed by atoms with Crippen LogP contribution in [0, 0.1) is 12.8 Å². The Kier molecular flexibility index (Phi) is 3.23. The number of nitrogens with one attached hydrogen (secondary N) is 1. The monoisotopic (exact) mass is 273 g/mol. The molecule has 2 atom stereocenters. The maximum absolute atomic E-state index is 11.1. The average Bonchev–Trinajstić information content (AvgIpc) is 2.88. The van der Waals surface area contributed by atoms with Crippen LogP contribution in [-0.2, 0) is 9.53 Å². The first-order valence-electron chi connectivity index (χ1n) is 6.45. The Hall–Kier alpha value is -2.21. The van der Waals surface area contributed by atoms with E-state index in [-0.39, 0.29) is 12.6 Å². The molecule has 1 aliphatic rings. The maximum Gasteiger partial charge on any atom is 0.311 e. The molecule has 104 valence electrons. The van der Waals surface area contributed by atoms with E-state index < -0.39 is 11.9 Å². The van der Waals surface area contributed by atoms with Crippen LogP contribution in [0.4, 0.5) is 5.82 Å². The fraction of sp³-hybridized carbons (Fsp3) is 0.357. The molecule has 2 aromatic rings. The van der Waals surface area contributed by atoms with E-state index in [0.717, 1.165) is 16.7 Å². The summed E-state index contributed by atoms with van der Waals surface area (Å²) in [5, 5.41) is 12.3. The Morgan fingerprint density at radius 3 is 2.70 bits per heavy atom. The van der Waals surface area contributed by atoms with Gasteiger partial charge in [0.1, 0.15) is 11.7 Å². The van der Waals surface area contributed by atoms with Gasteiger partial charge in [-0.25, -0.2) is 9.97 Å². The van der Waals surface area contributed by atoms with Gasteiger partial charge in [-0.3, -0.25) is 4.79 Å². The second-order valence-corrected chi connectivity index (χ2v) is 4.88. The molecular weight excluding hydrogens is 258 g/mol. The number of carboxylic acids is 1. The van der Waals surface area contributed by atoms with Crippen LogP contribution in [0.3, 0.4) is 0 Å². The summed E-state index contributed by atoms with van der Waals surface area (Å²) in [5.74, 6) is -0.792. The summed E-state index contributed by atoms with van der Waals surface area (Å²) in [7, 11) is 0. The molecule has 2 unspecified atom stereocenters. The number of rotatable bonds is 3. The lowest BCUT2D eigenvalue weighted by molar-refractivity contribution is -0.141. The third-order valence-corrected chi connectivity index (χ3v) is 3.46. The summed E-state index contributed by atoms with van der Waals surface area (Å²) in [4.78, 5) is 20.1. The minimum atomic E-state index is -0.855. The number of aromatic nitrogens is 2. The van der Waals surface area contributed by atoms with Gasteiger partial charge in [0.25, 0.3) is 0 Å². The molecule has 2 N–H and O–H groups in total. The number of aryl methyl sites for hydroxylation is 1. The van der Waals surface area contributed by atoms with Crippen LogP contribution in [0.25, 0.3) is 11.0 Å². The zero-order chi connectivity index (χ0) is 14.1. The number of ether oxygens (including phenoxy) is 1. The van der Waals surface area contributed by atoms with Crippen molar-refractivity contribution in [2.24, 2.45) is 5.92 Å². The molecule has 0 amide bonds. The van der Waals surface area contributed by atoms with Crippen molar-refractivity contribution >= 4 is 22.8 Å². The Balaban J connectivity index is 1.90. The summed E-state index contributed by atoms with van der Waals surface area (Å²) in [5.41, 5.74) is 2.36. The normalized spacial score (nSPS) is 22.1. The molecule has 1 aromatic heterocycles. The molecule has 6 nitrogen and oxygen atoms in total. The van der Waals surface area contributed by atoms with Crippen molar-refractivity contribution in [3.8, 4) is 0 Å². The summed E-state index contributed by atoms with van der Waals surface area (Å²) < 4.78 is 5.24. The molecule has 0 spiro atoms. The summed E-state index contributed by atoms with van der Waals surface area (Å²) >= 11 is 0. The maximum atomic E-state index is 11.1. The molecule has 3 rings (SSSR count). The highest BCUT2D eigenvalue weighted by Crippen LogP contribution is 2.21. The first kappa shape index (κ1) is 12.8. The largest absolute Gasteiger partial charge is 0.481 e. The zero-order valence-electron chi connectivity index (χ0n) is 11.0. The lowest BCUT2D eigenvalue weighted by Crippen LogP contribution is -2.33. The van der Waals surface area contributed by atoms with Crippen LogP contribution >= 0.6 is 0 Å². The Morgan fingerprint density at radius 1 is 1.30 bits per heavy atom. The molecule has 1 aromatic carbocycles. The van der Waals surface area contributed by atoms with E-state index in [9.17, 15) is 4.79 Å². The molecule has 0 saturated carbocycles. The Bertz CT molecular complexity index is 659. The number of carboxylic acid groups (broad SMARTS) is 1. The van der Waals surface area contributed by atoms with E-state index in [4.69, 9.17) is 9.84 Å². The van der Waals surface area contributed by atoms with Gasteiger partial charge in [-0.05, 0) is 19.1 Å². The fourth-order valence-electron chi connectivity index (χ4n) is 2.34. The van der Waals surface area contributed by atoms with Crippen LogP contribution in [0.2, 0.25) is 0 Å². The van der Waals surface area contributed by atoms with Gasteiger partial charge in [0, 0.05) is 0 Å². The number of aliphatic carboxylic acids is 1. The molecule has 6 heteroatoms. The van der Waals surface area contributed by atoms with Gasteiger partial charge >= 0.3 is 5.97 Å². The second-order valence-electron chi connectivity index (χ2n) is 4.88. The smallest absolute Gasteiger partial charge is 0.311 e. The topological polar surface area (TPSA) is 84.3 Å². The van der Waals surface area contributed by atoms with Crippen molar-refractivity contribution in [1.82, 2.24) is 9.97 Å². The van der Waals surface area contributed by atoms with Gasteiger partial charge in [-0.2, -0.15) is 0 Å². The van der Waals surface area contributed by atoms with E-state index in [2.05, 4.69) is 15.3 Å². The number of fused-ring (bicyclic) bond motifs is 1. The summed E-state index contributed by atoms with van der Waals surface area (Å²) in [6, 6.07) is 7.32. The molecule has 1 saturated heterocycles. The molecule has 1 aliphatic heterocycles. The second kappa shape index (κ2) is 5.05. The molecule has 0 bridgehead atoms. The SMILES string of the molecule is Cc1nc2ccccc2nc1NC1COCC1C(=O)O. The summed E-state index contributed by atoms with van der Waals surface area (Å²) in [6.45, 7) is 2.45. The molecule has 0 aliphatic carbocycles. The highest BCUT2D eigenvalue weighted by atomic mass is 16.5. The molecular formula is C14H15N3O3. The quantitative estimate of drug-likeness (QED) is 0.880. The highest BCUT2D eigenvalue weighted by molar-refractivity contribution is 5.76. The minimum Gasteiger partial charge on any atom is -0.481 e. The number of anilines is 1. The number of hydrogen-bond donors (Lipinski definition) is 2. The lowest BCUT2D eigenvalue weighted by Gasteiger charge is -2.17. The van der Waals surface area contributed by atoms with E-state index in [1.165, 1.54) is 0 Å². The number of carbonyl (C=O) groups is 1. The Morgan fingerprint density at radius 2 is 2.00 bits per heavy atom. The van der Waals surface area contributed by atoms with Crippen molar-refractivity contribution in [3.05, 3.63) is 30.0 Å². The van der Waals surface area contributed by atoms with Crippen molar-refractivity contribution < 1.29 is 14.6 Å². The third-order valence-electron chi connectivity index (χ3n) is 3.46. The standard InChI is InChI=1S/C14H15N3O3/c1-8-13(16-11-5-3-2-4-10(11)15-8)17-12-7-20-6-9(12)14(18)19/h2-5,9,12H,6-7H2,1H3,(H,16,17)(H,18,19). The van der Waals surface area contributed by atoms with Crippen LogP contribution in [0.1, 0.15) is 5.69 Å². The number of nitrogens with zero attached hydrogens (tertiary/aromatic N) is 2. The molecule has 0 radical (unpaired) electrons. The predicted octanol–water partition coefficient (Wildman–Crippen LogP) is 1.45. The molecule has 1 fully saturated rings. The van der Waals surface area contributed by atoms with Crippen LogP contribution < -0.4 is 5.32 Å². The van der Waals surface area contributed by atoms with Gasteiger partial charge in [-0.15, -0.1) is 0 Å². The van der Waals surface area contributed by atoms with Gasteiger partial charge in [-0.1, -0.05) is 12.1 Å². The van der Waals surface area contributed by atoms with E-state index >= 15 is 0 Å². The first-order chi connectivity index (χ1) is 9.65. The Labute approximate surface area is 115 Å². The predicted molar refractivity (Wildman–Crippen MR) is 73.6 cm³/mol. The van der Waals surface area contributed by atoms with Gasteiger partial charge in [0.15, 0.2) is 0 Å². The minimum absolute atomic E-state index is 0.229. The third kappa shape index (κ3) is 2.30.